The number of hydrogen-bond donors (Lipinski definition) is 23. The van der Waals surface area contributed by atoms with E-state index in [1.807, 2.05) is 6.08 Å². The maximum atomic E-state index is 13.6. The van der Waals surface area contributed by atoms with Crippen molar-refractivity contribution in [3.63, 3.8) is 0 Å². The van der Waals surface area contributed by atoms with Gasteiger partial charge in [-0.05, 0) is 26.2 Å². The van der Waals surface area contributed by atoms with Crippen molar-refractivity contribution in [1.82, 2.24) is 16.0 Å². The van der Waals surface area contributed by atoms with Gasteiger partial charge in [0.2, 0.25) is 17.7 Å². The molecule has 7 fully saturated rings. The summed E-state index contributed by atoms with van der Waals surface area (Å²) in [5.74, 6) is -2.21. The molecule has 0 saturated carbocycles. The van der Waals surface area contributed by atoms with E-state index in [0.717, 1.165) is 71.6 Å². The molecule has 0 aromatic carbocycles. The van der Waals surface area contributed by atoms with E-state index in [1.54, 1.807) is 6.08 Å². The molecule has 7 heterocycles. The number of rotatable bonds is 52. The van der Waals surface area contributed by atoms with Crippen molar-refractivity contribution in [2.24, 2.45) is 0 Å². The Balaban J connectivity index is 1.09. The molecule has 0 bridgehead atoms. The highest BCUT2D eigenvalue weighted by atomic mass is 16.8. The largest absolute Gasteiger partial charge is 0.394 e. The number of unbranched alkanes of at least 4 members (excludes halogenated alkanes) is 23. The van der Waals surface area contributed by atoms with Crippen molar-refractivity contribution >= 4 is 17.7 Å². The van der Waals surface area contributed by atoms with E-state index < -0.39 is 285 Å². The smallest absolute Gasteiger partial charge is 0.220 e. The van der Waals surface area contributed by atoms with Crippen LogP contribution < -0.4 is 16.0 Å². The number of aliphatic hydroxyl groups is 20. The topological polar surface area (TPSA) is 621 Å². The fourth-order valence-electron chi connectivity index (χ4n) is 16.2. The van der Waals surface area contributed by atoms with Crippen LogP contribution in [0.5, 0.6) is 0 Å². The summed E-state index contributed by atoms with van der Waals surface area (Å²) in [6, 6.07) is -4.94. The number of ether oxygens (including phenoxy) is 14. The zero-order valence-electron chi connectivity index (χ0n) is 69.7. The fourth-order valence-corrected chi connectivity index (χ4v) is 16.2. The normalized spacial score (nSPS) is 39.4. The Bertz CT molecular complexity index is 2870. The minimum Gasteiger partial charge on any atom is -0.394 e. The van der Waals surface area contributed by atoms with Crippen LogP contribution in [0.15, 0.2) is 12.2 Å². The third-order valence-corrected chi connectivity index (χ3v) is 23.3. The van der Waals surface area contributed by atoms with E-state index in [2.05, 4.69) is 29.8 Å². The first-order valence-electron chi connectivity index (χ1n) is 43.3. The summed E-state index contributed by atoms with van der Waals surface area (Å²) in [5, 5.41) is 232. The molecular formula is C80H143N3O37. The van der Waals surface area contributed by atoms with Crippen LogP contribution in [0.2, 0.25) is 0 Å². The Hall–Kier alpha value is -3.21. The van der Waals surface area contributed by atoms with Crippen LogP contribution in [0.1, 0.15) is 202 Å². The quantitative estimate of drug-likeness (QED) is 0.0202. The lowest BCUT2D eigenvalue weighted by Crippen LogP contribution is -2.72. The van der Waals surface area contributed by atoms with E-state index in [9.17, 15) is 117 Å². The maximum Gasteiger partial charge on any atom is 0.220 e. The summed E-state index contributed by atoms with van der Waals surface area (Å²) in [6.07, 6.45) is -35.2. The number of nitrogens with one attached hydrogen (secondary N) is 3. The van der Waals surface area contributed by atoms with Crippen molar-refractivity contribution in [2.75, 3.05) is 46.2 Å². The molecule has 7 aliphatic heterocycles. The molecule has 3 amide bonds. The zero-order chi connectivity index (χ0) is 87.9. The molecular weight excluding hydrogens is 1590 g/mol. The zero-order valence-corrected chi connectivity index (χ0v) is 69.7. The molecule has 700 valence electrons. The second-order valence-electron chi connectivity index (χ2n) is 32.7. The van der Waals surface area contributed by atoms with E-state index in [-0.39, 0.29) is 12.3 Å². The monoisotopic (exact) mass is 1740 g/mol. The molecule has 23 N–H and O–H groups in total. The number of hydrogen-bond acceptors (Lipinski definition) is 37. The van der Waals surface area contributed by atoms with Crippen LogP contribution in [0.3, 0.4) is 0 Å². The van der Waals surface area contributed by atoms with Crippen molar-refractivity contribution in [2.45, 2.75) is 429 Å². The third-order valence-electron chi connectivity index (χ3n) is 23.3. The van der Waals surface area contributed by atoms with E-state index in [4.69, 9.17) is 66.3 Å². The van der Waals surface area contributed by atoms with Gasteiger partial charge in [0.15, 0.2) is 44.0 Å². The molecule has 14 unspecified atom stereocenters. The number of allylic oxidation sites excluding steroid dienone is 1. The standard InChI is InChI=1S/C80H143N3O37/c1-6-8-10-12-14-16-18-20-22-24-26-28-30-32-45(92)44(83-52(93)33-31-29-27-25-23-21-19-17-15-13-11-9-7-2)40-107-76-65(104)62(101)69(50(38-88)114-76)116-79-66(105)73(58(97)47(35-85)110-79)120-75-54(82-43(5)91)71(70(51(39-89)113-75)117-77-63(102)60(99)55(94)41(3)108-77)118-80-67(106)72(57(96)48(36-86)111-80)119-74-53(81-42(4)90)59(98)68(49(37-87)112-74)115-78-64(103)61(100)56(95)46(34-84)109-78/h30,32,41,44-51,53-80,84-89,92,94-106H,6-29,31,33-40H2,1-5H3,(H,81,90)(H,82,91)(H,83,93)/b32-30+/t41?,44-,45+,46?,47?,48?,49?,50?,51?,53?,54?,55+,56-,57-,58-,59+,60?,61-,62+,63-,64?,65?,66?,67?,68+,69+,70+,71+,72-,73-,74-,75-,76+,77+,78-,79-,80-/m0/s1. The summed E-state index contributed by atoms with van der Waals surface area (Å²) in [4.78, 5) is 40.1. The van der Waals surface area contributed by atoms with Gasteiger partial charge in [-0.3, -0.25) is 14.4 Å². The molecule has 37 atom stereocenters. The average Bonchev–Trinajstić information content (AvgIpc) is 0.760. The van der Waals surface area contributed by atoms with E-state index in [1.165, 1.54) is 96.8 Å². The molecule has 0 aliphatic carbocycles. The van der Waals surface area contributed by atoms with Crippen LogP contribution in [0.25, 0.3) is 0 Å². The van der Waals surface area contributed by atoms with Gasteiger partial charge in [-0.15, -0.1) is 0 Å². The predicted octanol–water partition coefficient (Wildman–Crippen LogP) is -4.35. The van der Waals surface area contributed by atoms with Gasteiger partial charge >= 0.3 is 0 Å². The minimum atomic E-state index is -2.40. The fraction of sp³-hybridized carbons (Fsp3) is 0.938. The lowest BCUT2D eigenvalue weighted by molar-refractivity contribution is -0.396. The summed E-state index contributed by atoms with van der Waals surface area (Å²) in [5.41, 5.74) is 0. The number of carbonyl (C=O) groups excluding carboxylic acids is 3. The SMILES string of the molecule is CCCCCCCCCCCCC/C=C/[C@@H](O)[C@H](CO[C@@H]1OC(CO)[C@@H](O[C@@H]2OC(CO)[C@H](O)[C@H](O[C@@H]3OC(CO)[C@@H](O[C@H]4OC(C)[C@@H](O)C(O)[C@@H]4O)[C@H](O[C@@H]4OC(CO)[C@H](O)[C@H](O[C@@H]5OC(CO)[C@@H](O[C@@H]6OC(CO)[C@H](O)[C@H](O)C6O)[C@H](O)C5NC(C)=O)C4O)C3NC(C)=O)C2O)[C@H](O)C1O)NC(=O)CCCCCCCCCCCCCCC. The molecule has 40 nitrogen and oxygen atoms in total. The van der Waals surface area contributed by atoms with Crippen LogP contribution in [-0.2, 0) is 80.7 Å². The Morgan fingerprint density at radius 2 is 0.683 bits per heavy atom. The summed E-state index contributed by atoms with van der Waals surface area (Å²) >= 11 is 0. The van der Waals surface area contributed by atoms with E-state index in [0.29, 0.717) is 12.8 Å². The lowest BCUT2D eigenvalue weighted by Gasteiger charge is -2.52. The van der Waals surface area contributed by atoms with Crippen molar-refractivity contribution in [3.05, 3.63) is 12.2 Å². The Labute approximate surface area is 700 Å². The summed E-state index contributed by atoms with van der Waals surface area (Å²) < 4.78 is 84.4. The molecule has 7 aliphatic rings. The molecule has 0 aromatic heterocycles. The molecule has 0 radical (unpaired) electrons. The Morgan fingerprint density at radius 1 is 0.342 bits per heavy atom. The Kier molecular flexibility index (Phi) is 46.3. The first-order chi connectivity index (χ1) is 57.5. The highest BCUT2D eigenvalue weighted by Crippen LogP contribution is 2.40. The van der Waals surface area contributed by atoms with Gasteiger partial charge in [0, 0.05) is 20.3 Å². The Morgan fingerprint density at radius 3 is 1.14 bits per heavy atom. The average molecular weight is 1740 g/mol. The van der Waals surface area contributed by atoms with Crippen LogP contribution in [0, 0.1) is 0 Å². The highest BCUT2D eigenvalue weighted by molar-refractivity contribution is 5.76. The maximum absolute atomic E-state index is 13.6. The second-order valence-corrected chi connectivity index (χ2v) is 32.7. The van der Waals surface area contributed by atoms with Gasteiger partial charge in [0.05, 0.1) is 64.5 Å². The molecule has 7 saturated heterocycles. The third kappa shape index (κ3) is 29.7. The first-order valence-corrected chi connectivity index (χ1v) is 43.3. The van der Waals surface area contributed by atoms with Gasteiger partial charge in [-0.25, -0.2) is 0 Å². The second kappa shape index (κ2) is 53.6. The molecule has 0 spiro atoms. The lowest BCUT2D eigenvalue weighted by atomic mass is 9.93. The van der Waals surface area contributed by atoms with Gasteiger partial charge in [0.25, 0.3) is 0 Å². The summed E-state index contributed by atoms with van der Waals surface area (Å²) in [7, 11) is 0. The van der Waals surface area contributed by atoms with Crippen molar-refractivity contribution < 1.29 is 183 Å². The number of aliphatic hydroxyl groups excluding tert-OH is 20. The van der Waals surface area contributed by atoms with Crippen molar-refractivity contribution in [3.8, 4) is 0 Å². The molecule has 120 heavy (non-hydrogen) atoms. The number of amides is 3. The van der Waals surface area contributed by atoms with Crippen molar-refractivity contribution in [1.29, 1.82) is 0 Å². The molecule has 0 aromatic rings. The number of carbonyl (C=O) groups is 3. The van der Waals surface area contributed by atoms with Crippen LogP contribution >= 0.6 is 0 Å². The highest BCUT2D eigenvalue weighted by Gasteiger charge is 2.60. The van der Waals surface area contributed by atoms with Gasteiger partial charge in [-0.1, -0.05) is 167 Å². The van der Waals surface area contributed by atoms with Gasteiger partial charge in [-0.2, -0.15) is 0 Å². The minimum absolute atomic E-state index is 0.150. The van der Waals surface area contributed by atoms with Crippen LogP contribution in [-0.4, -0.2) is 393 Å². The van der Waals surface area contributed by atoms with Gasteiger partial charge in [0.1, 0.15) is 165 Å². The van der Waals surface area contributed by atoms with E-state index >= 15 is 0 Å². The first kappa shape index (κ1) is 104. The predicted molar refractivity (Wildman–Crippen MR) is 416 cm³/mol. The summed E-state index contributed by atoms with van der Waals surface area (Å²) in [6.45, 7) is 0.852. The molecule has 40 heteroatoms. The van der Waals surface area contributed by atoms with Gasteiger partial charge < -0.3 is 184 Å². The van der Waals surface area contributed by atoms with Crippen LogP contribution in [0.4, 0.5) is 0 Å². The molecule has 7 rings (SSSR count).